The maximum absolute atomic E-state index is 4.16. The summed E-state index contributed by atoms with van der Waals surface area (Å²) in [6.45, 7) is 6.47. The Morgan fingerprint density at radius 1 is 0.944 bits per heavy atom. The van der Waals surface area contributed by atoms with Gasteiger partial charge in [0.1, 0.15) is 0 Å². The largest absolute Gasteiger partial charge is 0.304 e. The molecule has 1 heterocycles. The average Bonchev–Trinajstić information content (AvgIpc) is 2.40. The summed E-state index contributed by atoms with van der Waals surface area (Å²) in [5.74, 6) is 0. The summed E-state index contributed by atoms with van der Waals surface area (Å²) in [7, 11) is 0. The first-order valence-electron chi connectivity index (χ1n) is 6.39. The molecule has 0 aliphatic heterocycles. The van der Waals surface area contributed by atoms with E-state index in [4.69, 9.17) is 0 Å². The summed E-state index contributed by atoms with van der Waals surface area (Å²) in [5.41, 5.74) is 3.83. The number of benzene rings is 1. The number of nitrogens with one attached hydrogen (secondary N) is 1. The molecule has 2 unspecified atom stereocenters. The third kappa shape index (κ3) is 3.17. The molecule has 0 saturated carbocycles. The molecule has 2 heteroatoms. The van der Waals surface area contributed by atoms with Crippen LogP contribution in [0.15, 0.2) is 48.8 Å². The molecule has 94 valence electrons. The summed E-state index contributed by atoms with van der Waals surface area (Å²) in [5, 5.41) is 3.59. The molecule has 0 radical (unpaired) electrons. The van der Waals surface area contributed by atoms with E-state index in [2.05, 4.69) is 61.4 Å². The van der Waals surface area contributed by atoms with Gasteiger partial charge in [-0.25, -0.2) is 0 Å². The van der Waals surface area contributed by atoms with Gasteiger partial charge in [-0.3, -0.25) is 4.98 Å². The van der Waals surface area contributed by atoms with Crippen LogP contribution in [-0.4, -0.2) is 4.98 Å². The van der Waals surface area contributed by atoms with Gasteiger partial charge in [0.2, 0.25) is 0 Å². The molecule has 0 fully saturated rings. The van der Waals surface area contributed by atoms with Gasteiger partial charge in [0.25, 0.3) is 0 Å². The molecule has 1 aromatic heterocycles. The zero-order chi connectivity index (χ0) is 13.0. The molecular formula is C16H20N2. The molecule has 0 spiro atoms. The van der Waals surface area contributed by atoms with E-state index in [0.29, 0.717) is 12.1 Å². The van der Waals surface area contributed by atoms with Crippen molar-refractivity contribution in [2.24, 2.45) is 0 Å². The number of rotatable bonds is 4. The first kappa shape index (κ1) is 12.8. The van der Waals surface area contributed by atoms with Crippen molar-refractivity contribution in [3.63, 3.8) is 0 Å². The highest BCUT2D eigenvalue weighted by Crippen LogP contribution is 2.18. The quantitative estimate of drug-likeness (QED) is 0.879. The Bertz CT molecular complexity index is 476. The zero-order valence-electron chi connectivity index (χ0n) is 11.2. The number of pyridine rings is 1. The topological polar surface area (TPSA) is 24.9 Å². The summed E-state index contributed by atoms with van der Waals surface area (Å²) in [4.78, 5) is 4.16. The highest BCUT2D eigenvalue weighted by Gasteiger charge is 2.10. The van der Waals surface area contributed by atoms with Crippen molar-refractivity contribution in [3.8, 4) is 0 Å². The van der Waals surface area contributed by atoms with Crippen LogP contribution in [0.3, 0.4) is 0 Å². The smallest absolute Gasteiger partial charge is 0.0315 e. The molecule has 2 aromatic rings. The summed E-state index contributed by atoms with van der Waals surface area (Å²) >= 11 is 0. The number of hydrogen-bond donors (Lipinski definition) is 1. The standard InChI is InChI=1S/C16H20N2/c1-12-6-8-15(9-7-12)13(2)18-14(3)16-5-4-10-17-11-16/h4-11,13-14,18H,1-3H3. The van der Waals surface area contributed by atoms with Gasteiger partial charge < -0.3 is 5.32 Å². The lowest BCUT2D eigenvalue weighted by Gasteiger charge is -2.20. The number of hydrogen-bond acceptors (Lipinski definition) is 2. The van der Waals surface area contributed by atoms with Crippen LogP contribution in [0.4, 0.5) is 0 Å². The second kappa shape index (κ2) is 5.78. The minimum absolute atomic E-state index is 0.301. The molecule has 2 nitrogen and oxygen atoms in total. The fraction of sp³-hybridized carbons (Fsp3) is 0.312. The lowest BCUT2D eigenvalue weighted by molar-refractivity contribution is 0.493. The van der Waals surface area contributed by atoms with Gasteiger partial charge in [0, 0.05) is 24.5 Å². The number of nitrogens with zero attached hydrogens (tertiary/aromatic N) is 1. The van der Waals surface area contributed by atoms with E-state index in [9.17, 15) is 0 Å². The van der Waals surface area contributed by atoms with Gasteiger partial charge in [0.05, 0.1) is 0 Å². The molecule has 0 saturated heterocycles. The lowest BCUT2D eigenvalue weighted by atomic mass is 10.0. The molecular weight excluding hydrogens is 220 g/mol. The summed E-state index contributed by atoms with van der Waals surface area (Å²) in [6.07, 6.45) is 3.72. The van der Waals surface area contributed by atoms with E-state index < -0.39 is 0 Å². The SMILES string of the molecule is Cc1ccc(C(C)NC(C)c2cccnc2)cc1. The van der Waals surface area contributed by atoms with E-state index in [1.165, 1.54) is 16.7 Å². The van der Waals surface area contributed by atoms with Crippen molar-refractivity contribution in [1.29, 1.82) is 0 Å². The molecule has 1 aromatic carbocycles. The van der Waals surface area contributed by atoms with Crippen LogP contribution in [0.25, 0.3) is 0 Å². The van der Waals surface area contributed by atoms with Crippen LogP contribution in [-0.2, 0) is 0 Å². The van der Waals surface area contributed by atoms with Crippen molar-refractivity contribution in [2.45, 2.75) is 32.9 Å². The summed E-state index contributed by atoms with van der Waals surface area (Å²) < 4.78 is 0. The Kier molecular flexibility index (Phi) is 4.11. The average molecular weight is 240 g/mol. The predicted molar refractivity (Wildman–Crippen MR) is 75.4 cm³/mol. The van der Waals surface area contributed by atoms with Gasteiger partial charge >= 0.3 is 0 Å². The second-order valence-electron chi connectivity index (χ2n) is 4.81. The van der Waals surface area contributed by atoms with Crippen LogP contribution in [0, 0.1) is 6.92 Å². The predicted octanol–water partition coefficient (Wildman–Crippen LogP) is 3.80. The highest BCUT2D eigenvalue weighted by molar-refractivity contribution is 5.24. The Morgan fingerprint density at radius 2 is 1.61 bits per heavy atom. The fourth-order valence-electron chi connectivity index (χ4n) is 2.05. The Hall–Kier alpha value is -1.67. The minimum atomic E-state index is 0.301. The molecule has 0 bridgehead atoms. The van der Waals surface area contributed by atoms with E-state index >= 15 is 0 Å². The number of aromatic nitrogens is 1. The van der Waals surface area contributed by atoms with Gasteiger partial charge in [-0.2, -0.15) is 0 Å². The van der Waals surface area contributed by atoms with Gasteiger partial charge in [-0.1, -0.05) is 35.9 Å². The second-order valence-corrected chi connectivity index (χ2v) is 4.81. The Labute approximate surface area is 109 Å². The molecule has 0 aliphatic carbocycles. The van der Waals surface area contributed by atoms with Crippen molar-refractivity contribution in [2.75, 3.05) is 0 Å². The van der Waals surface area contributed by atoms with Gasteiger partial charge in [0.15, 0.2) is 0 Å². The first-order chi connectivity index (χ1) is 8.66. The third-order valence-corrected chi connectivity index (χ3v) is 3.26. The molecule has 1 N–H and O–H groups in total. The van der Waals surface area contributed by atoms with E-state index in [0.717, 1.165) is 0 Å². The molecule has 0 amide bonds. The van der Waals surface area contributed by atoms with Crippen molar-refractivity contribution >= 4 is 0 Å². The van der Waals surface area contributed by atoms with Crippen LogP contribution < -0.4 is 5.32 Å². The fourth-order valence-corrected chi connectivity index (χ4v) is 2.05. The van der Waals surface area contributed by atoms with Crippen LogP contribution in [0.2, 0.25) is 0 Å². The van der Waals surface area contributed by atoms with Crippen LogP contribution in [0.5, 0.6) is 0 Å². The highest BCUT2D eigenvalue weighted by atomic mass is 14.9. The van der Waals surface area contributed by atoms with Crippen molar-refractivity contribution in [1.82, 2.24) is 10.3 Å². The van der Waals surface area contributed by atoms with Crippen LogP contribution in [0.1, 0.15) is 42.6 Å². The van der Waals surface area contributed by atoms with E-state index in [1.54, 1.807) is 6.20 Å². The van der Waals surface area contributed by atoms with E-state index in [-0.39, 0.29) is 0 Å². The maximum Gasteiger partial charge on any atom is 0.0315 e. The van der Waals surface area contributed by atoms with Gasteiger partial charge in [-0.05, 0) is 38.0 Å². The van der Waals surface area contributed by atoms with E-state index in [1.807, 2.05) is 12.3 Å². The lowest BCUT2D eigenvalue weighted by Crippen LogP contribution is -2.22. The minimum Gasteiger partial charge on any atom is -0.304 e. The maximum atomic E-state index is 4.16. The Balaban J connectivity index is 2.03. The van der Waals surface area contributed by atoms with Gasteiger partial charge in [-0.15, -0.1) is 0 Å². The molecule has 2 atom stereocenters. The van der Waals surface area contributed by atoms with Crippen molar-refractivity contribution in [3.05, 3.63) is 65.5 Å². The molecule has 18 heavy (non-hydrogen) atoms. The first-order valence-corrected chi connectivity index (χ1v) is 6.39. The molecule has 2 rings (SSSR count). The summed E-state index contributed by atoms with van der Waals surface area (Å²) in [6, 6.07) is 13.4. The molecule has 0 aliphatic rings. The normalized spacial score (nSPS) is 14.2. The zero-order valence-corrected chi connectivity index (χ0v) is 11.2. The van der Waals surface area contributed by atoms with Crippen LogP contribution >= 0.6 is 0 Å². The van der Waals surface area contributed by atoms with Crippen molar-refractivity contribution < 1.29 is 0 Å². The number of aryl methyl sites for hydroxylation is 1. The monoisotopic (exact) mass is 240 g/mol. The Morgan fingerprint density at radius 3 is 2.22 bits per heavy atom. The third-order valence-electron chi connectivity index (χ3n) is 3.26.